The Morgan fingerprint density at radius 2 is 1.93 bits per heavy atom. The molecule has 0 aliphatic rings. The van der Waals surface area contributed by atoms with Gasteiger partial charge in [0.05, 0.1) is 5.69 Å². The van der Waals surface area contributed by atoms with E-state index < -0.39 is 10.0 Å². The second-order valence-corrected chi connectivity index (χ2v) is 8.68. The Kier molecular flexibility index (Phi) is 9.57. The molecule has 0 atom stereocenters. The number of nitrogens with zero attached hydrogens (tertiary/aromatic N) is 1. The van der Waals surface area contributed by atoms with Crippen LogP contribution in [0.2, 0.25) is 0 Å². The third-order valence-electron chi connectivity index (χ3n) is 3.63. The summed E-state index contributed by atoms with van der Waals surface area (Å²) < 4.78 is 31.9. The third kappa shape index (κ3) is 6.69. The van der Waals surface area contributed by atoms with Crippen LogP contribution in [0.1, 0.15) is 12.8 Å². The Labute approximate surface area is 170 Å². The van der Waals surface area contributed by atoms with Crippen LogP contribution in [0.25, 0.3) is 0 Å². The Balaban J connectivity index is 0.00000364. The number of halogens is 1. The third-order valence-corrected chi connectivity index (χ3v) is 6.79. The monoisotopic (exact) mass is 433 g/mol. The smallest absolute Gasteiger partial charge is 0.273 e. The number of anilines is 1. The first-order valence-electron chi connectivity index (χ1n) is 8.17. The van der Waals surface area contributed by atoms with Crippen molar-refractivity contribution in [2.75, 3.05) is 31.0 Å². The van der Waals surface area contributed by atoms with E-state index in [0.29, 0.717) is 24.5 Å². The lowest BCUT2D eigenvalue weighted by Gasteiger charge is -2.18. The van der Waals surface area contributed by atoms with Gasteiger partial charge in [-0.05, 0) is 55.1 Å². The van der Waals surface area contributed by atoms with E-state index in [-0.39, 0.29) is 29.1 Å². The maximum absolute atomic E-state index is 12.5. The van der Waals surface area contributed by atoms with Gasteiger partial charge in [0.1, 0.15) is 9.96 Å². The van der Waals surface area contributed by atoms with Gasteiger partial charge in [0.15, 0.2) is 6.61 Å². The van der Waals surface area contributed by atoms with E-state index in [9.17, 15) is 13.2 Å². The van der Waals surface area contributed by atoms with Crippen molar-refractivity contribution >= 4 is 45.4 Å². The molecular formula is C17H24ClN3O4S2. The van der Waals surface area contributed by atoms with E-state index in [0.717, 1.165) is 12.8 Å². The number of carbonyl (C=O) groups excluding carboxylic acids is 1. The topological polar surface area (TPSA) is 102 Å². The number of sulfonamides is 1. The first kappa shape index (κ1) is 23.2. The summed E-state index contributed by atoms with van der Waals surface area (Å²) in [7, 11) is -2.06. The maximum Gasteiger partial charge on any atom is 0.273 e. The number of rotatable bonds is 10. The fourth-order valence-electron chi connectivity index (χ4n) is 2.13. The van der Waals surface area contributed by atoms with E-state index >= 15 is 0 Å². The molecule has 0 aliphatic heterocycles. The summed E-state index contributed by atoms with van der Waals surface area (Å²) in [5.74, 6) is 0.288. The predicted octanol–water partition coefficient (Wildman–Crippen LogP) is 2.23. The summed E-state index contributed by atoms with van der Waals surface area (Å²) in [6.45, 7) is 1.09. The number of benzene rings is 1. The van der Waals surface area contributed by atoms with Gasteiger partial charge in [-0.3, -0.25) is 9.10 Å². The summed E-state index contributed by atoms with van der Waals surface area (Å²) in [5, 5.41) is 4.47. The van der Waals surface area contributed by atoms with Gasteiger partial charge < -0.3 is 15.8 Å². The maximum atomic E-state index is 12.5. The molecule has 2 aromatic rings. The number of nitrogens with two attached hydrogens (primary N) is 1. The quantitative estimate of drug-likeness (QED) is 0.559. The summed E-state index contributed by atoms with van der Waals surface area (Å²) in [6.07, 6.45) is 1.70. The van der Waals surface area contributed by atoms with Crippen LogP contribution in [0.5, 0.6) is 5.75 Å². The van der Waals surface area contributed by atoms with E-state index in [2.05, 4.69) is 5.32 Å². The molecule has 1 amide bonds. The van der Waals surface area contributed by atoms with E-state index in [4.69, 9.17) is 10.5 Å². The fraction of sp³-hybridized carbons (Fsp3) is 0.353. The zero-order valence-corrected chi connectivity index (χ0v) is 17.4. The molecule has 150 valence electrons. The number of hydrogen-bond donors (Lipinski definition) is 2. The minimum atomic E-state index is -3.56. The van der Waals surface area contributed by atoms with Crippen molar-refractivity contribution in [3.05, 3.63) is 41.8 Å². The lowest BCUT2D eigenvalue weighted by Crippen LogP contribution is -2.30. The van der Waals surface area contributed by atoms with Crippen LogP contribution in [-0.4, -0.2) is 41.1 Å². The summed E-state index contributed by atoms with van der Waals surface area (Å²) in [6, 6.07) is 9.82. The molecule has 0 bridgehead atoms. The fourth-order valence-corrected chi connectivity index (χ4v) is 4.49. The number of carbonyl (C=O) groups is 1. The molecule has 0 fully saturated rings. The number of amides is 1. The Hall–Kier alpha value is -1.81. The highest BCUT2D eigenvalue weighted by atomic mass is 35.5. The molecule has 0 saturated heterocycles. The lowest BCUT2D eigenvalue weighted by atomic mass is 10.3. The van der Waals surface area contributed by atoms with Gasteiger partial charge in [-0.15, -0.1) is 23.7 Å². The predicted molar refractivity (Wildman–Crippen MR) is 110 cm³/mol. The number of ether oxygens (including phenoxy) is 1. The summed E-state index contributed by atoms with van der Waals surface area (Å²) in [5.41, 5.74) is 5.90. The van der Waals surface area contributed by atoms with Gasteiger partial charge in [0, 0.05) is 13.6 Å². The molecule has 2 rings (SSSR count). The summed E-state index contributed by atoms with van der Waals surface area (Å²) in [4.78, 5) is 11.7. The standard InChI is InChI=1S/C17H23N3O4S2.ClH/c1-20(26(22,23)17-5-4-12-25-17)14-6-8-15(9-7-14)24-13-16(21)19-11-3-2-10-18;/h4-9,12H,2-3,10-11,13,18H2,1H3,(H,19,21);1H. The van der Waals surface area contributed by atoms with Crippen molar-refractivity contribution in [3.63, 3.8) is 0 Å². The van der Waals surface area contributed by atoms with Crippen molar-refractivity contribution in [1.82, 2.24) is 5.32 Å². The molecule has 7 nitrogen and oxygen atoms in total. The number of thiophene rings is 1. The number of hydrogen-bond acceptors (Lipinski definition) is 6. The molecule has 0 unspecified atom stereocenters. The number of unbranched alkanes of at least 4 members (excludes halogenated alkanes) is 1. The normalized spacial score (nSPS) is 10.7. The largest absolute Gasteiger partial charge is 0.484 e. The van der Waals surface area contributed by atoms with Crippen molar-refractivity contribution in [3.8, 4) is 5.75 Å². The van der Waals surface area contributed by atoms with Crippen molar-refractivity contribution in [1.29, 1.82) is 0 Å². The SMILES string of the molecule is CN(c1ccc(OCC(=O)NCCCCN)cc1)S(=O)(=O)c1cccs1.Cl. The minimum absolute atomic E-state index is 0. The minimum Gasteiger partial charge on any atom is -0.484 e. The van der Waals surface area contributed by atoms with E-state index in [1.54, 1.807) is 41.8 Å². The first-order chi connectivity index (χ1) is 12.4. The van der Waals surface area contributed by atoms with Crippen LogP contribution in [-0.2, 0) is 14.8 Å². The molecule has 3 N–H and O–H groups in total. The molecule has 0 spiro atoms. The lowest BCUT2D eigenvalue weighted by molar-refractivity contribution is -0.123. The van der Waals surface area contributed by atoms with Gasteiger partial charge in [-0.2, -0.15) is 0 Å². The first-order valence-corrected chi connectivity index (χ1v) is 10.5. The van der Waals surface area contributed by atoms with E-state index in [1.807, 2.05) is 0 Å². The highest BCUT2D eigenvalue weighted by Gasteiger charge is 2.22. The van der Waals surface area contributed by atoms with Crippen LogP contribution in [0.4, 0.5) is 5.69 Å². The Morgan fingerprint density at radius 1 is 1.22 bits per heavy atom. The molecule has 0 aliphatic carbocycles. The molecule has 1 aromatic heterocycles. The van der Waals surface area contributed by atoms with Gasteiger partial charge >= 0.3 is 0 Å². The van der Waals surface area contributed by atoms with Crippen molar-refractivity contribution in [2.24, 2.45) is 5.73 Å². The van der Waals surface area contributed by atoms with Crippen LogP contribution < -0.4 is 20.1 Å². The van der Waals surface area contributed by atoms with Crippen LogP contribution in [0.15, 0.2) is 46.0 Å². The molecular weight excluding hydrogens is 410 g/mol. The van der Waals surface area contributed by atoms with Gasteiger partial charge in [0.2, 0.25) is 0 Å². The van der Waals surface area contributed by atoms with Crippen molar-refractivity contribution < 1.29 is 17.9 Å². The Bertz CT molecular complexity index is 796. The Morgan fingerprint density at radius 3 is 2.52 bits per heavy atom. The number of nitrogens with one attached hydrogen (secondary N) is 1. The van der Waals surface area contributed by atoms with Crippen LogP contribution in [0, 0.1) is 0 Å². The van der Waals surface area contributed by atoms with Crippen LogP contribution >= 0.6 is 23.7 Å². The van der Waals surface area contributed by atoms with E-state index in [1.165, 1.54) is 22.7 Å². The highest BCUT2D eigenvalue weighted by Crippen LogP contribution is 2.26. The highest BCUT2D eigenvalue weighted by molar-refractivity contribution is 7.94. The molecule has 1 heterocycles. The average molecular weight is 434 g/mol. The van der Waals surface area contributed by atoms with Gasteiger partial charge in [0.25, 0.3) is 15.9 Å². The molecule has 1 aromatic carbocycles. The van der Waals surface area contributed by atoms with Gasteiger partial charge in [-0.25, -0.2) is 8.42 Å². The van der Waals surface area contributed by atoms with Gasteiger partial charge in [-0.1, -0.05) is 6.07 Å². The summed E-state index contributed by atoms with van der Waals surface area (Å²) >= 11 is 1.17. The molecule has 0 saturated carbocycles. The zero-order chi connectivity index (χ0) is 19.0. The molecule has 27 heavy (non-hydrogen) atoms. The molecule has 10 heteroatoms. The average Bonchev–Trinajstić information content (AvgIpc) is 3.19. The zero-order valence-electron chi connectivity index (χ0n) is 15.0. The molecule has 0 radical (unpaired) electrons. The van der Waals surface area contributed by atoms with Crippen LogP contribution in [0.3, 0.4) is 0 Å². The van der Waals surface area contributed by atoms with Crippen molar-refractivity contribution in [2.45, 2.75) is 17.1 Å². The second kappa shape index (κ2) is 11.1. The second-order valence-electron chi connectivity index (χ2n) is 5.53.